The molecule has 1 amide bonds. The lowest BCUT2D eigenvalue weighted by Gasteiger charge is -2.18. The minimum absolute atomic E-state index is 0.0127. The number of aromatic nitrogens is 2. The van der Waals surface area contributed by atoms with Crippen LogP contribution in [0.25, 0.3) is 11.0 Å². The van der Waals surface area contributed by atoms with E-state index in [4.69, 9.17) is 17.3 Å². The Labute approximate surface area is 127 Å². The van der Waals surface area contributed by atoms with Crippen LogP contribution in [0.3, 0.4) is 0 Å². The molecule has 2 N–H and O–H groups in total. The number of benzene rings is 1. The fourth-order valence-electron chi connectivity index (χ4n) is 2.32. The molecule has 0 aliphatic rings. The number of nitrogens with two attached hydrogens (primary N) is 1. The first-order valence-corrected chi connectivity index (χ1v) is 7.24. The van der Waals surface area contributed by atoms with Crippen molar-refractivity contribution in [3.8, 4) is 0 Å². The number of carbonyl (C=O) groups is 1. The highest BCUT2D eigenvalue weighted by atomic mass is 35.5. The van der Waals surface area contributed by atoms with Crippen LogP contribution in [0.15, 0.2) is 12.1 Å². The number of nitrogen functional groups attached to an aromatic ring is 1. The Morgan fingerprint density at radius 1 is 1.43 bits per heavy atom. The first-order chi connectivity index (χ1) is 9.97. The number of anilines is 1. The molecule has 0 aliphatic carbocycles. The summed E-state index contributed by atoms with van der Waals surface area (Å²) in [5, 5.41) is 0.0127. The van der Waals surface area contributed by atoms with Crippen LogP contribution < -0.4 is 5.73 Å². The van der Waals surface area contributed by atoms with E-state index in [1.165, 1.54) is 12.1 Å². The number of aryl methyl sites for hydroxylation is 1. The largest absolute Gasteiger partial charge is 0.369 e. The van der Waals surface area contributed by atoms with E-state index in [9.17, 15) is 9.18 Å². The van der Waals surface area contributed by atoms with Gasteiger partial charge in [0.2, 0.25) is 11.9 Å². The predicted octanol–water partition coefficient (Wildman–Crippen LogP) is 2.67. The molecule has 1 aromatic heterocycles. The number of carbonyl (C=O) groups excluding carboxylic acids is 1. The van der Waals surface area contributed by atoms with Crippen molar-refractivity contribution in [2.75, 3.05) is 18.8 Å². The zero-order chi connectivity index (χ0) is 15.6. The van der Waals surface area contributed by atoms with Gasteiger partial charge in [0.15, 0.2) is 0 Å². The molecule has 0 unspecified atom stereocenters. The van der Waals surface area contributed by atoms with Gasteiger partial charge in [-0.05, 0) is 19.9 Å². The number of rotatable bonds is 5. The molecule has 0 spiro atoms. The van der Waals surface area contributed by atoms with Crippen molar-refractivity contribution < 1.29 is 9.18 Å². The third kappa shape index (κ3) is 3.10. The van der Waals surface area contributed by atoms with Gasteiger partial charge in [-0.25, -0.2) is 9.37 Å². The van der Waals surface area contributed by atoms with Gasteiger partial charge in [-0.2, -0.15) is 0 Å². The predicted molar refractivity (Wildman–Crippen MR) is 81.7 cm³/mol. The van der Waals surface area contributed by atoms with E-state index < -0.39 is 5.82 Å². The highest BCUT2D eigenvalue weighted by Gasteiger charge is 2.14. The summed E-state index contributed by atoms with van der Waals surface area (Å²) in [6.07, 6.45) is 0.312. The van der Waals surface area contributed by atoms with Crippen LogP contribution in [0.4, 0.5) is 10.3 Å². The summed E-state index contributed by atoms with van der Waals surface area (Å²) < 4.78 is 15.1. The van der Waals surface area contributed by atoms with Gasteiger partial charge in [-0.15, -0.1) is 0 Å². The van der Waals surface area contributed by atoms with E-state index in [1.54, 1.807) is 9.47 Å². The highest BCUT2D eigenvalue weighted by molar-refractivity contribution is 6.31. The van der Waals surface area contributed by atoms with Gasteiger partial charge in [0.25, 0.3) is 0 Å². The number of nitrogens with zero attached hydrogens (tertiary/aromatic N) is 3. The van der Waals surface area contributed by atoms with E-state index in [0.717, 1.165) is 0 Å². The number of imidazole rings is 1. The van der Waals surface area contributed by atoms with Crippen molar-refractivity contribution in [2.45, 2.75) is 26.8 Å². The summed E-state index contributed by atoms with van der Waals surface area (Å²) in [4.78, 5) is 17.9. The number of fused-ring (bicyclic) bond motifs is 1. The van der Waals surface area contributed by atoms with E-state index >= 15 is 0 Å². The molecule has 5 nitrogen and oxygen atoms in total. The zero-order valence-corrected chi connectivity index (χ0v) is 12.8. The Morgan fingerprint density at radius 3 is 2.71 bits per heavy atom. The van der Waals surface area contributed by atoms with Crippen LogP contribution in [0.5, 0.6) is 0 Å². The lowest BCUT2D eigenvalue weighted by atomic mass is 10.3. The van der Waals surface area contributed by atoms with E-state index in [2.05, 4.69) is 4.98 Å². The van der Waals surface area contributed by atoms with Gasteiger partial charge >= 0.3 is 0 Å². The van der Waals surface area contributed by atoms with Gasteiger partial charge in [-0.1, -0.05) is 11.6 Å². The van der Waals surface area contributed by atoms with Gasteiger partial charge in [0.05, 0.1) is 16.1 Å². The molecule has 0 atom stereocenters. The van der Waals surface area contributed by atoms with Gasteiger partial charge in [0.1, 0.15) is 5.82 Å². The Bertz CT molecular complexity index is 667. The second-order valence-corrected chi connectivity index (χ2v) is 5.10. The number of hydrogen-bond donors (Lipinski definition) is 1. The summed E-state index contributed by atoms with van der Waals surface area (Å²) >= 11 is 5.79. The van der Waals surface area contributed by atoms with E-state index in [1.807, 2.05) is 13.8 Å². The lowest BCUT2D eigenvalue weighted by molar-refractivity contribution is -0.131. The number of amides is 1. The van der Waals surface area contributed by atoms with Crippen molar-refractivity contribution in [2.24, 2.45) is 0 Å². The summed E-state index contributed by atoms with van der Waals surface area (Å²) in [5.41, 5.74) is 6.91. The van der Waals surface area contributed by atoms with Crippen molar-refractivity contribution in [3.63, 3.8) is 0 Å². The van der Waals surface area contributed by atoms with Crippen molar-refractivity contribution >= 4 is 34.5 Å². The molecule has 1 aromatic carbocycles. The molecule has 0 fully saturated rings. The summed E-state index contributed by atoms with van der Waals surface area (Å²) in [6, 6.07) is 2.73. The molecular formula is C14H18ClFN4O. The average molecular weight is 313 g/mol. The van der Waals surface area contributed by atoms with Crippen LogP contribution in [0, 0.1) is 5.82 Å². The normalized spacial score (nSPS) is 11.0. The molecule has 0 saturated carbocycles. The molecule has 21 heavy (non-hydrogen) atoms. The molecular weight excluding hydrogens is 295 g/mol. The summed E-state index contributed by atoms with van der Waals surface area (Å²) in [7, 11) is 0. The van der Waals surface area contributed by atoms with Gasteiger partial charge < -0.3 is 15.2 Å². The minimum atomic E-state index is -0.534. The zero-order valence-electron chi connectivity index (χ0n) is 12.1. The number of hydrogen-bond acceptors (Lipinski definition) is 3. The van der Waals surface area contributed by atoms with E-state index in [-0.39, 0.29) is 16.9 Å². The molecule has 2 aromatic rings. The first-order valence-electron chi connectivity index (χ1n) is 6.86. The second-order valence-electron chi connectivity index (χ2n) is 4.69. The van der Waals surface area contributed by atoms with Crippen LogP contribution in [-0.4, -0.2) is 33.4 Å². The Balaban J connectivity index is 2.24. The third-order valence-corrected chi connectivity index (χ3v) is 3.77. The molecule has 114 valence electrons. The standard InChI is InChI=1S/C14H18ClFN4O/c1-3-19(4-2)13(21)5-6-20-12-7-9(15)10(16)8-11(12)18-14(20)17/h7-8H,3-6H2,1-2H3,(H2,17,18). The fraction of sp³-hybridized carbons (Fsp3) is 0.429. The summed E-state index contributed by atoms with van der Waals surface area (Å²) in [5.74, 6) is -0.235. The maximum absolute atomic E-state index is 13.4. The maximum atomic E-state index is 13.4. The quantitative estimate of drug-likeness (QED) is 0.923. The van der Waals surface area contributed by atoms with Crippen LogP contribution in [0.1, 0.15) is 20.3 Å². The SMILES string of the molecule is CCN(CC)C(=O)CCn1c(N)nc2cc(F)c(Cl)cc21. The first kappa shape index (κ1) is 15.6. The number of halogens is 2. The smallest absolute Gasteiger partial charge is 0.224 e. The van der Waals surface area contributed by atoms with Crippen LogP contribution in [0.2, 0.25) is 5.02 Å². The third-order valence-electron chi connectivity index (χ3n) is 3.49. The Kier molecular flexibility index (Phi) is 4.67. The molecule has 1 heterocycles. The van der Waals surface area contributed by atoms with Crippen LogP contribution >= 0.6 is 11.6 Å². The summed E-state index contributed by atoms with van der Waals surface area (Å²) in [6.45, 7) is 5.61. The van der Waals surface area contributed by atoms with Gasteiger partial charge in [0, 0.05) is 32.1 Å². The molecule has 0 saturated heterocycles. The van der Waals surface area contributed by atoms with Crippen molar-refractivity contribution in [1.29, 1.82) is 0 Å². The fourth-order valence-corrected chi connectivity index (χ4v) is 2.47. The highest BCUT2D eigenvalue weighted by Crippen LogP contribution is 2.25. The molecule has 0 bridgehead atoms. The molecule has 0 aliphatic heterocycles. The average Bonchev–Trinajstić information content (AvgIpc) is 2.73. The Morgan fingerprint density at radius 2 is 2.10 bits per heavy atom. The minimum Gasteiger partial charge on any atom is -0.369 e. The second kappa shape index (κ2) is 6.30. The van der Waals surface area contributed by atoms with Gasteiger partial charge in [-0.3, -0.25) is 4.79 Å². The molecule has 7 heteroatoms. The topological polar surface area (TPSA) is 64.2 Å². The monoisotopic (exact) mass is 312 g/mol. The molecule has 2 rings (SSSR count). The maximum Gasteiger partial charge on any atom is 0.224 e. The van der Waals surface area contributed by atoms with Crippen molar-refractivity contribution in [1.82, 2.24) is 14.5 Å². The van der Waals surface area contributed by atoms with E-state index in [0.29, 0.717) is 37.1 Å². The lowest BCUT2D eigenvalue weighted by Crippen LogP contribution is -2.31. The Hall–Kier alpha value is -1.82. The van der Waals surface area contributed by atoms with Crippen molar-refractivity contribution in [3.05, 3.63) is 23.0 Å². The molecule has 0 radical (unpaired) electrons. The van der Waals surface area contributed by atoms with Crippen LogP contribution in [-0.2, 0) is 11.3 Å².